The van der Waals surface area contributed by atoms with Crippen LogP contribution in [0.5, 0.6) is 0 Å². The fraction of sp³-hybridized carbons (Fsp3) is 0.632. The Labute approximate surface area is 167 Å². The predicted molar refractivity (Wildman–Crippen MR) is 101 cm³/mol. The van der Waals surface area contributed by atoms with E-state index in [9.17, 15) is 9.59 Å². The van der Waals surface area contributed by atoms with E-state index >= 15 is 0 Å². The summed E-state index contributed by atoms with van der Waals surface area (Å²) in [6, 6.07) is 3.75. The van der Waals surface area contributed by atoms with Gasteiger partial charge in [-0.2, -0.15) is 0 Å². The molecule has 8 heteroatoms. The largest absolute Gasteiger partial charge is 0.480 e. The van der Waals surface area contributed by atoms with Gasteiger partial charge in [0, 0.05) is 29.2 Å². The van der Waals surface area contributed by atoms with Crippen LogP contribution in [0, 0.1) is 5.41 Å². The Hall–Kier alpha value is -1.67. The van der Waals surface area contributed by atoms with Crippen LogP contribution in [-0.4, -0.2) is 52.4 Å². The van der Waals surface area contributed by atoms with E-state index in [-0.39, 0.29) is 18.1 Å². The molecule has 27 heavy (non-hydrogen) atoms. The summed E-state index contributed by atoms with van der Waals surface area (Å²) in [5, 5.41) is 9.08. The molecule has 1 saturated carbocycles. The minimum absolute atomic E-state index is 0.0792. The van der Waals surface area contributed by atoms with Crippen LogP contribution in [-0.2, 0) is 19.9 Å². The maximum absolute atomic E-state index is 12.2. The minimum Gasteiger partial charge on any atom is -0.480 e. The molecule has 1 aliphatic heterocycles. The summed E-state index contributed by atoms with van der Waals surface area (Å²) >= 11 is 3.37. The standard InChI is InChI=1S/C19H25BrN2O5/c1-17(2,3)27-16(25)22-11-18(12-22)6-7-19(10-18,26-9-15(23)24)14-5-4-13(20)8-21-14/h4-5,8H,6-7,9-12H2,1-3H3,(H,23,24). The van der Waals surface area contributed by atoms with Crippen LogP contribution in [0.4, 0.5) is 4.79 Å². The summed E-state index contributed by atoms with van der Waals surface area (Å²) in [5.41, 5.74) is -0.603. The number of rotatable bonds is 4. The van der Waals surface area contributed by atoms with Gasteiger partial charge in [0.2, 0.25) is 0 Å². The lowest BCUT2D eigenvalue weighted by Crippen LogP contribution is -2.58. The average molecular weight is 441 g/mol. The quantitative estimate of drug-likeness (QED) is 0.769. The molecule has 1 unspecified atom stereocenters. The summed E-state index contributed by atoms with van der Waals surface area (Å²) in [6.07, 6.45) is 3.56. The van der Waals surface area contributed by atoms with Crippen molar-refractivity contribution in [3.05, 3.63) is 28.5 Å². The first kappa shape index (κ1) is 20.1. The van der Waals surface area contributed by atoms with E-state index in [1.165, 1.54) is 0 Å². The lowest BCUT2D eigenvalue weighted by atomic mass is 9.76. The van der Waals surface area contributed by atoms with Gasteiger partial charge in [0.15, 0.2) is 0 Å². The van der Waals surface area contributed by atoms with Crippen molar-refractivity contribution < 1.29 is 24.2 Å². The minimum atomic E-state index is -1.00. The van der Waals surface area contributed by atoms with Crippen molar-refractivity contribution in [2.75, 3.05) is 19.7 Å². The Balaban J connectivity index is 1.72. The molecule has 1 spiro atoms. The third-order valence-electron chi connectivity index (χ3n) is 5.09. The molecule has 3 rings (SSSR count). The second-order valence-corrected chi connectivity index (χ2v) is 9.47. The number of carbonyl (C=O) groups excluding carboxylic acids is 1. The molecule has 1 N–H and O–H groups in total. The second-order valence-electron chi connectivity index (χ2n) is 8.55. The lowest BCUT2D eigenvalue weighted by Gasteiger charge is -2.48. The SMILES string of the molecule is CC(C)(C)OC(=O)N1CC2(CCC(OCC(=O)O)(c3ccc(Br)cn3)C2)C1. The molecule has 1 aromatic rings. The Bertz CT molecular complexity index is 725. The van der Waals surface area contributed by atoms with Crippen LogP contribution < -0.4 is 0 Å². The molecular formula is C19H25BrN2O5. The van der Waals surface area contributed by atoms with Crippen LogP contribution >= 0.6 is 15.9 Å². The highest BCUT2D eigenvalue weighted by Crippen LogP contribution is 2.55. The fourth-order valence-corrected chi connectivity index (χ4v) is 4.23. The number of aromatic nitrogens is 1. The molecule has 1 amide bonds. The van der Waals surface area contributed by atoms with Gasteiger partial charge in [0.25, 0.3) is 0 Å². The Morgan fingerprint density at radius 1 is 1.30 bits per heavy atom. The number of likely N-dealkylation sites (tertiary alicyclic amines) is 1. The van der Waals surface area contributed by atoms with Gasteiger partial charge in [-0.1, -0.05) is 0 Å². The average Bonchev–Trinajstić information content (AvgIpc) is 2.92. The molecule has 1 aromatic heterocycles. The number of carbonyl (C=O) groups is 2. The van der Waals surface area contributed by atoms with E-state index in [0.29, 0.717) is 25.9 Å². The zero-order valence-corrected chi connectivity index (χ0v) is 17.4. The number of carboxylic acid groups (broad SMARTS) is 1. The number of carboxylic acids is 1. The van der Waals surface area contributed by atoms with E-state index in [2.05, 4.69) is 20.9 Å². The number of nitrogens with zero attached hydrogens (tertiary/aromatic N) is 2. The molecule has 148 valence electrons. The van der Waals surface area contributed by atoms with Gasteiger partial charge >= 0.3 is 12.1 Å². The van der Waals surface area contributed by atoms with Gasteiger partial charge in [0.1, 0.15) is 17.8 Å². The number of ether oxygens (including phenoxy) is 2. The van der Waals surface area contributed by atoms with Crippen molar-refractivity contribution in [1.29, 1.82) is 0 Å². The van der Waals surface area contributed by atoms with Crippen molar-refractivity contribution in [3.8, 4) is 0 Å². The van der Waals surface area contributed by atoms with Crippen molar-refractivity contribution >= 4 is 28.0 Å². The van der Waals surface area contributed by atoms with Crippen molar-refractivity contribution in [2.45, 2.75) is 51.2 Å². The fourth-order valence-electron chi connectivity index (χ4n) is 4.00. The molecule has 2 aliphatic rings. The number of hydrogen-bond donors (Lipinski definition) is 1. The Morgan fingerprint density at radius 2 is 2.00 bits per heavy atom. The molecule has 7 nitrogen and oxygen atoms in total. The topological polar surface area (TPSA) is 89.0 Å². The Kier molecular flexibility index (Phi) is 5.24. The zero-order valence-electron chi connectivity index (χ0n) is 15.8. The molecule has 1 saturated heterocycles. The molecule has 2 heterocycles. The maximum atomic E-state index is 12.2. The molecule has 2 fully saturated rings. The van der Waals surface area contributed by atoms with Gasteiger partial charge in [-0.05, 0) is 68.1 Å². The third-order valence-corrected chi connectivity index (χ3v) is 5.56. The first-order valence-electron chi connectivity index (χ1n) is 8.98. The second kappa shape index (κ2) is 7.05. The molecule has 1 aliphatic carbocycles. The Morgan fingerprint density at radius 3 is 2.56 bits per heavy atom. The maximum Gasteiger partial charge on any atom is 0.410 e. The molecular weight excluding hydrogens is 416 g/mol. The van der Waals surface area contributed by atoms with E-state index in [0.717, 1.165) is 16.6 Å². The summed E-state index contributed by atoms with van der Waals surface area (Å²) in [5.74, 6) is -1.00. The van der Waals surface area contributed by atoms with Gasteiger partial charge in [-0.3, -0.25) is 4.98 Å². The predicted octanol–water partition coefficient (Wildman–Crippen LogP) is 3.56. The summed E-state index contributed by atoms with van der Waals surface area (Å²) < 4.78 is 12.2. The van der Waals surface area contributed by atoms with E-state index in [1.54, 1.807) is 11.1 Å². The van der Waals surface area contributed by atoms with Crippen LogP contribution in [0.15, 0.2) is 22.8 Å². The smallest absolute Gasteiger partial charge is 0.410 e. The number of amides is 1. The van der Waals surface area contributed by atoms with Gasteiger partial charge < -0.3 is 19.5 Å². The first-order chi connectivity index (χ1) is 12.5. The van der Waals surface area contributed by atoms with Crippen molar-refractivity contribution in [1.82, 2.24) is 9.88 Å². The molecule has 0 aromatic carbocycles. The highest BCUT2D eigenvalue weighted by atomic mass is 79.9. The summed E-state index contributed by atoms with van der Waals surface area (Å²) in [7, 11) is 0. The molecule has 0 bridgehead atoms. The first-order valence-corrected chi connectivity index (χ1v) is 9.78. The summed E-state index contributed by atoms with van der Waals surface area (Å²) in [4.78, 5) is 29.5. The zero-order chi connectivity index (χ0) is 19.9. The monoisotopic (exact) mass is 440 g/mol. The van der Waals surface area contributed by atoms with Crippen molar-refractivity contribution in [3.63, 3.8) is 0 Å². The van der Waals surface area contributed by atoms with Crippen LogP contribution in [0.25, 0.3) is 0 Å². The number of halogens is 1. The van der Waals surface area contributed by atoms with Crippen LogP contribution in [0.2, 0.25) is 0 Å². The molecule has 0 radical (unpaired) electrons. The third kappa shape index (κ3) is 4.43. The van der Waals surface area contributed by atoms with E-state index < -0.39 is 17.2 Å². The lowest BCUT2D eigenvalue weighted by molar-refractivity contribution is -0.152. The van der Waals surface area contributed by atoms with Crippen molar-refractivity contribution in [2.24, 2.45) is 5.41 Å². The van der Waals surface area contributed by atoms with E-state index in [4.69, 9.17) is 14.6 Å². The van der Waals surface area contributed by atoms with Gasteiger partial charge in [0.05, 0.1) is 5.69 Å². The summed E-state index contributed by atoms with van der Waals surface area (Å²) in [6.45, 7) is 6.36. The highest BCUT2D eigenvalue weighted by molar-refractivity contribution is 9.10. The van der Waals surface area contributed by atoms with Crippen LogP contribution in [0.1, 0.15) is 45.7 Å². The van der Waals surface area contributed by atoms with Crippen LogP contribution in [0.3, 0.4) is 0 Å². The number of aliphatic carboxylic acids is 1. The number of pyridine rings is 1. The number of hydrogen-bond acceptors (Lipinski definition) is 5. The highest BCUT2D eigenvalue weighted by Gasteiger charge is 2.57. The molecule has 1 atom stereocenters. The van der Waals surface area contributed by atoms with Gasteiger partial charge in [-0.25, -0.2) is 9.59 Å². The van der Waals surface area contributed by atoms with Gasteiger partial charge in [-0.15, -0.1) is 0 Å². The normalized spacial score (nSPS) is 23.9. The van der Waals surface area contributed by atoms with E-state index in [1.807, 2.05) is 32.9 Å².